The van der Waals surface area contributed by atoms with Crippen LogP contribution in [0.1, 0.15) is 17.3 Å². The van der Waals surface area contributed by atoms with Gasteiger partial charge < -0.3 is 5.32 Å². The van der Waals surface area contributed by atoms with E-state index in [0.29, 0.717) is 17.0 Å². The fourth-order valence-electron chi connectivity index (χ4n) is 1.02. The minimum atomic E-state index is -0.180. The molecule has 0 atom stereocenters. The van der Waals surface area contributed by atoms with Crippen molar-refractivity contribution < 1.29 is 9.59 Å². The van der Waals surface area contributed by atoms with Gasteiger partial charge in [-0.05, 0) is 19.1 Å². The fourth-order valence-corrected chi connectivity index (χ4v) is 1.63. The third kappa shape index (κ3) is 2.05. The van der Waals surface area contributed by atoms with Crippen molar-refractivity contribution in [2.75, 3.05) is 5.32 Å². The predicted octanol–water partition coefficient (Wildman–Crippen LogP) is 2.76. The number of Topliss-reactive ketones (excluding diaryl/α,β-unsaturated/α-hetero) is 1. The molecule has 1 amide bonds. The predicted molar refractivity (Wildman–Crippen MR) is 56.2 cm³/mol. The quantitative estimate of drug-likeness (QED) is 0.643. The summed E-state index contributed by atoms with van der Waals surface area (Å²) < 4.78 is 0. The SMILES string of the molecule is CC(=O)c1ccc(Cl)c(NC=O)c1Cl. The molecule has 3 nitrogen and oxygen atoms in total. The van der Waals surface area contributed by atoms with Crippen molar-refractivity contribution in [2.45, 2.75) is 6.92 Å². The van der Waals surface area contributed by atoms with E-state index in [4.69, 9.17) is 23.2 Å². The monoisotopic (exact) mass is 231 g/mol. The molecule has 0 aromatic heterocycles. The van der Waals surface area contributed by atoms with Crippen LogP contribution in [0.3, 0.4) is 0 Å². The average molecular weight is 232 g/mol. The highest BCUT2D eigenvalue weighted by Crippen LogP contribution is 2.32. The minimum Gasteiger partial charge on any atom is -0.326 e. The van der Waals surface area contributed by atoms with Crippen LogP contribution in [-0.4, -0.2) is 12.2 Å². The van der Waals surface area contributed by atoms with E-state index in [2.05, 4.69) is 5.32 Å². The number of carbonyl (C=O) groups excluding carboxylic acids is 2. The molecule has 0 aliphatic rings. The van der Waals surface area contributed by atoms with Crippen molar-refractivity contribution in [3.05, 3.63) is 27.7 Å². The van der Waals surface area contributed by atoms with E-state index in [1.54, 1.807) is 0 Å². The van der Waals surface area contributed by atoms with E-state index in [9.17, 15) is 9.59 Å². The molecule has 1 aromatic carbocycles. The molecule has 0 saturated carbocycles. The number of rotatable bonds is 3. The number of anilines is 1. The Kier molecular flexibility index (Phi) is 3.49. The van der Waals surface area contributed by atoms with Gasteiger partial charge in [-0.3, -0.25) is 9.59 Å². The Labute approximate surface area is 91.0 Å². The number of hydrogen-bond donors (Lipinski definition) is 1. The first-order valence-electron chi connectivity index (χ1n) is 3.77. The van der Waals surface area contributed by atoms with E-state index in [-0.39, 0.29) is 16.5 Å². The van der Waals surface area contributed by atoms with Gasteiger partial charge in [-0.15, -0.1) is 0 Å². The molecule has 0 bridgehead atoms. The highest BCUT2D eigenvalue weighted by Gasteiger charge is 2.12. The first-order valence-corrected chi connectivity index (χ1v) is 4.52. The summed E-state index contributed by atoms with van der Waals surface area (Å²) >= 11 is 11.6. The molecule has 0 heterocycles. The lowest BCUT2D eigenvalue weighted by atomic mass is 10.1. The molecular formula is C9H7Cl2NO2. The summed E-state index contributed by atoms with van der Waals surface area (Å²) in [6.45, 7) is 1.39. The van der Waals surface area contributed by atoms with Crippen LogP contribution in [0.5, 0.6) is 0 Å². The number of amides is 1. The molecule has 1 N–H and O–H groups in total. The van der Waals surface area contributed by atoms with E-state index < -0.39 is 0 Å². The molecule has 1 aromatic rings. The molecule has 0 aliphatic carbocycles. The Morgan fingerprint density at radius 2 is 2.07 bits per heavy atom. The van der Waals surface area contributed by atoms with Crippen LogP contribution in [0.2, 0.25) is 10.0 Å². The van der Waals surface area contributed by atoms with Gasteiger partial charge in [0.1, 0.15) is 0 Å². The molecule has 14 heavy (non-hydrogen) atoms. The van der Waals surface area contributed by atoms with Crippen molar-refractivity contribution in [1.29, 1.82) is 0 Å². The molecular weight excluding hydrogens is 225 g/mol. The third-order valence-electron chi connectivity index (χ3n) is 1.67. The Bertz CT molecular complexity index is 391. The van der Waals surface area contributed by atoms with Gasteiger partial charge in [-0.25, -0.2) is 0 Å². The topological polar surface area (TPSA) is 46.2 Å². The Morgan fingerprint density at radius 1 is 1.43 bits per heavy atom. The van der Waals surface area contributed by atoms with Crippen LogP contribution < -0.4 is 5.32 Å². The lowest BCUT2D eigenvalue weighted by Crippen LogP contribution is -2.00. The maximum atomic E-state index is 11.1. The lowest BCUT2D eigenvalue weighted by molar-refractivity contribution is -0.105. The molecule has 0 spiro atoms. The van der Waals surface area contributed by atoms with E-state index in [0.717, 1.165) is 0 Å². The first-order chi connectivity index (χ1) is 6.57. The Hall–Kier alpha value is -1.06. The van der Waals surface area contributed by atoms with Crippen LogP contribution in [0.4, 0.5) is 5.69 Å². The van der Waals surface area contributed by atoms with Crippen molar-refractivity contribution in [3.63, 3.8) is 0 Å². The molecule has 5 heteroatoms. The zero-order valence-electron chi connectivity index (χ0n) is 7.30. The van der Waals surface area contributed by atoms with Crippen LogP contribution in [0, 0.1) is 0 Å². The van der Waals surface area contributed by atoms with Crippen LogP contribution >= 0.6 is 23.2 Å². The largest absolute Gasteiger partial charge is 0.326 e. The second-order valence-electron chi connectivity index (χ2n) is 2.60. The highest BCUT2D eigenvalue weighted by atomic mass is 35.5. The molecule has 74 valence electrons. The highest BCUT2D eigenvalue weighted by molar-refractivity contribution is 6.41. The van der Waals surface area contributed by atoms with Crippen molar-refractivity contribution >= 4 is 41.1 Å². The van der Waals surface area contributed by atoms with Crippen molar-refractivity contribution in [1.82, 2.24) is 0 Å². The maximum absolute atomic E-state index is 11.1. The van der Waals surface area contributed by atoms with Crippen molar-refractivity contribution in [3.8, 4) is 0 Å². The molecule has 1 rings (SSSR count). The van der Waals surface area contributed by atoms with Gasteiger partial charge in [0.25, 0.3) is 0 Å². The number of halogens is 2. The average Bonchev–Trinajstić information content (AvgIpc) is 2.11. The summed E-state index contributed by atoms with van der Waals surface area (Å²) in [5.74, 6) is -0.180. The number of ketones is 1. The van der Waals surface area contributed by atoms with Gasteiger partial charge in [0.05, 0.1) is 15.7 Å². The second kappa shape index (κ2) is 4.44. The number of benzene rings is 1. The summed E-state index contributed by atoms with van der Waals surface area (Å²) in [4.78, 5) is 21.3. The second-order valence-corrected chi connectivity index (χ2v) is 3.39. The molecule has 0 saturated heterocycles. The summed E-state index contributed by atoms with van der Waals surface area (Å²) in [6.07, 6.45) is 0.455. The Balaban J connectivity index is 3.32. The number of hydrogen-bond acceptors (Lipinski definition) is 2. The summed E-state index contributed by atoms with van der Waals surface area (Å²) in [6, 6.07) is 3.03. The minimum absolute atomic E-state index is 0.164. The normalized spacial score (nSPS) is 9.64. The zero-order chi connectivity index (χ0) is 10.7. The Morgan fingerprint density at radius 3 is 2.57 bits per heavy atom. The number of carbonyl (C=O) groups is 2. The molecule has 0 unspecified atom stereocenters. The van der Waals surface area contributed by atoms with Gasteiger partial charge >= 0.3 is 0 Å². The van der Waals surface area contributed by atoms with Crippen LogP contribution in [0.25, 0.3) is 0 Å². The summed E-state index contributed by atoms with van der Waals surface area (Å²) in [5, 5.41) is 2.80. The lowest BCUT2D eigenvalue weighted by Gasteiger charge is -2.07. The van der Waals surface area contributed by atoms with Gasteiger partial charge in [0.2, 0.25) is 6.41 Å². The van der Waals surface area contributed by atoms with Crippen LogP contribution in [-0.2, 0) is 4.79 Å². The number of nitrogens with one attached hydrogen (secondary N) is 1. The zero-order valence-corrected chi connectivity index (χ0v) is 8.82. The van der Waals surface area contributed by atoms with E-state index in [1.165, 1.54) is 19.1 Å². The van der Waals surface area contributed by atoms with E-state index >= 15 is 0 Å². The third-order valence-corrected chi connectivity index (χ3v) is 2.38. The first kappa shape index (κ1) is 11.0. The van der Waals surface area contributed by atoms with E-state index in [1.807, 2.05) is 0 Å². The smallest absolute Gasteiger partial charge is 0.211 e. The van der Waals surface area contributed by atoms with Crippen molar-refractivity contribution in [2.24, 2.45) is 0 Å². The van der Waals surface area contributed by atoms with Gasteiger partial charge in [-0.2, -0.15) is 0 Å². The fraction of sp³-hybridized carbons (Fsp3) is 0.111. The molecule has 0 radical (unpaired) electrons. The standard InChI is InChI=1S/C9H7Cl2NO2/c1-5(14)6-2-3-7(10)9(8(6)11)12-4-13/h2-4H,1H3,(H,12,13). The molecule has 0 fully saturated rings. The van der Waals surface area contributed by atoms with Gasteiger partial charge in [0.15, 0.2) is 5.78 Å². The summed E-state index contributed by atoms with van der Waals surface area (Å²) in [7, 11) is 0. The van der Waals surface area contributed by atoms with Gasteiger partial charge in [-0.1, -0.05) is 23.2 Å². The molecule has 0 aliphatic heterocycles. The van der Waals surface area contributed by atoms with Gasteiger partial charge in [0, 0.05) is 5.56 Å². The maximum Gasteiger partial charge on any atom is 0.211 e. The summed E-state index contributed by atoms with van der Waals surface area (Å²) in [5.41, 5.74) is 0.594. The van der Waals surface area contributed by atoms with Crippen LogP contribution in [0.15, 0.2) is 12.1 Å².